The summed E-state index contributed by atoms with van der Waals surface area (Å²) >= 11 is 0. The fourth-order valence-electron chi connectivity index (χ4n) is 5.01. The van der Waals surface area contributed by atoms with Crippen molar-refractivity contribution in [1.29, 1.82) is 0 Å². The van der Waals surface area contributed by atoms with Crippen molar-refractivity contribution in [2.75, 3.05) is 13.1 Å². The Balaban J connectivity index is 1.41. The van der Waals surface area contributed by atoms with Crippen LogP contribution in [0.2, 0.25) is 0 Å². The van der Waals surface area contributed by atoms with Crippen molar-refractivity contribution < 1.29 is 13.6 Å². The van der Waals surface area contributed by atoms with Crippen molar-refractivity contribution in [2.24, 2.45) is 5.92 Å². The highest BCUT2D eigenvalue weighted by molar-refractivity contribution is 5.99. The zero-order valence-electron chi connectivity index (χ0n) is 16.4. The molecule has 150 valence electrons. The second-order valence-corrected chi connectivity index (χ2v) is 8.20. The van der Waals surface area contributed by atoms with Crippen LogP contribution in [0.15, 0.2) is 47.1 Å². The van der Waals surface area contributed by atoms with Crippen molar-refractivity contribution in [3.8, 4) is 0 Å². The van der Waals surface area contributed by atoms with E-state index in [-0.39, 0.29) is 29.6 Å². The Morgan fingerprint density at radius 1 is 1.31 bits per heavy atom. The first kappa shape index (κ1) is 18.3. The number of carbonyl (C=O) groups is 1. The molecule has 0 saturated carbocycles. The standard InChI is InChI=1S/C23H24FN3O2/c1-14-18-12-17(24)4-5-20(18)29-22(14)23(28)26-21-16-6-9-27(10-7-16)19(21)11-15-3-2-8-25-13-15/h2-5,8,12-13,16,19,21H,6-7,9-11H2,1H3,(H,26,28)/t19-,21+/m0/s1. The van der Waals surface area contributed by atoms with Gasteiger partial charge in [-0.3, -0.25) is 14.7 Å². The first-order valence-corrected chi connectivity index (χ1v) is 10.2. The smallest absolute Gasteiger partial charge is 0.287 e. The second kappa shape index (κ2) is 7.26. The van der Waals surface area contributed by atoms with Gasteiger partial charge in [-0.25, -0.2) is 4.39 Å². The predicted molar refractivity (Wildman–Crippen MR) is 108 cm³/mol. The third-order valence-electron chi connectivity index (χ3n) is 6.54. The maximum Gasteiger partial charge on any atom is 0.287 e. The molecule has 0 aliphatic carbocycles. The van der Waals surface area contributed by atoms with Crippen LogP contribution < -0.4 is 5.32 Å². The lowest BCUT2D eigenvalue weighted by atomic mass is 9.76. The lowest BCUT2D eigenvalue weighted by Crippen LogP contribution is -2.64. The summed E-state index contributed by atoms with van der Waals surface area (Å²) in [5, 5.41) is 3.91. The summed E-state index contributed by atoms with van der Waals surface area (Å²) in [4.78, 5) is 19.9. The highest BCUT2D eigenvalue weighted by Crippen LogP contribution is 2.34. The fourth-order valence-corrected chi connectivity index (χ4v) is 5.01. The van der Waals surface area contributed by atoms with Crippen LogP contribution in [-0.2, 0) is 6.42 Å². The minimum Gasteiger partial charge on any atom is -0.451 e. The zero-order valence-corrected chi connectivity index (χ0v) is 16.4. The molecule has 5 heterocycles. The number of aryl methyl sites for hydroxylation is 1. The van der Waals surface area contributed by atoms with Gasteiger partial charge in [-0.15, -0.1) is 0 Å². The average Bonchev–Trinajstić information content (AvgIpc) is 3.07. The number of nitrogens with one attached hydrogen (secondary N) is 1. The Hall–Kier alpha value is -2.73. The van der Waals surface area contributed by atoms with Gasteiger partial charge >= 0.3 is 0 Å². The van der Waals surface area contributed by atoms with Crippen molar-refractivity contribution in [1.82, 2.24) is 15.2 Å². The van der Waals surface area contributed by atoms with Crippen LogP contribution in [0.1, 0.15) is 34.5 Å². The van der Waals surface area contributed by atoms with Gasteiger partial charge in [-0.2, -0.15) is 0 Å². The molecule has 6 rings (SSSR count). The number of benzene rings is 1. The van der Waals surface area contributed by atoms with Crippen LogP contribution in [0, 0.1) is 18.7 Å². The van der Waals surface area contributed by atoms with Gasteiger partial charge < -0.3 is 9.73 Å². The van der Waals surface area contributed by atoms with Crippen molar-refractivity contribution in [3.63, 3.8) is 0 Å². The number of hydrogen-bond donors (Lipinski definition) is 1. The van der Waals surface area contributed by atoms with Gasteiger partial charge in [-0.05, 0) is 75.0 Å². The van der Waals surface area contributed by atoms with Gasteiger partial charge in [0.1, 0.15) is 11.4 Å². The number of fused-ring (bicyclic) bond motifs is 4. The SMILES string of the molecule is Cc1c(C(=O)N[C@@H]2C3CCN(CC3)[C@H]2Cc2cccnc2)oc2ccc(F)cc12. The number of halogens is 1. The molecule has 0 radical (unpaired) electrons. The molecule has 0 unspecified atom stereocenters. The van der Waals surface area contributed by atoms with Crippen molar-refractivity contribution >= 4 is 16.9 Å². The molecule has 5 nitrogen and oxygen atoms in total. The Labute approximate surface area is 168 Å². The highest BCUT2D eigenvalue weighted by Gasteiger charge is 2.43. The quantitative estimate of drug-likeness (QED) is 0.734. The molecule has 3 aliphatic rings. The molecular weight excluding hydrogens is 369 g/mol. The van der Waals surface area contributed by atoms with Crippen LogP contribution in [0.3, 0.4) is 0 Å². The Kier molecular flexibility index (Phi) is 4.59. The summed E-state index contributed by atoms with van der Waals surface area (Å²) in [6.45, 7) is 3.96. The van der Waals surface area contributed by atoms with E-state index >= 15 is 0 Å². The Bertz CT molecular complexity index is 1040. The normalized spacial score (nSPS) is 26.0. The molecule has 1 amide bonds. The average molecular weight is 393 g/mol. The van der Waals surface area contributed by atoms with Crippen LogP contribution in [-0.4, -0.2) is 41.0 Å². The number of furan rings is 1. The number of nitrogens with zero attached hydrogens (tertiary/aromatic N) is 2. The first-order chi connectivity index (χ1) is 14.1. The van der Waals surface area contributed by atoms with Crippen LogP contribution in [0.4, 0.5) is 4.39 Å². The molecule has 1 aromatic carbocycles. The third kappa shape index (κ3) is 3.31. The Morgan fingerprint density at radius 3 is 2.90 bits per heavy atom. The van der Waals surface area contributed by atoms with E-state index in [1.165, 1.54) is 17.7 Å². The lowest BCUT2D eigenvalue weighted by molar-refractivity contribution is 0.0131. The van der Waals surface area contributed by atoms with Gasteiger partial charge in [0.2, 0.25) is 0 Å². The molecule has 3 fully saturated rings. The summed E-state index contributed by atoms with van der Waals surface area (Å²) in [5.41, 5.74) is 2.40. The maximum absolute atomic E-state index is 13.6. The molecule has 3 aromatic rings. The molecule has 3 saturated heterocycles. The summed E-state index contributed by atoms with van der Waals surface area (Å²) in [6, 6.07) is 8.71. The number of carbonyl (C=O) groups excluding carboxylic acids is 1. The molecule has 29 heavy (non-hydrogen) atoms. The van der Waals surface area contributed by atoms with E-state index in [9.17, 15) is 9.18 Å². The predicted octanol–water partition coefficient (Wildman–Crippen LogP) is 3.71. The van der Waals surface area contributed by atoms with E-state index in [1.54, 1.807) is 12.3 Å². The number of aromatic nitrogens is 1. The number of pyridine rings is 1. The molecule has 1 N–H and O–H groups in total. The minimum atomic E-state index is -0.331. The lowest BCUT2D eigenvalue weighted by Gasteiger charge is -2.51. The van der Waals surface area contributed by atoms with E-state index in [2.05, 4.69) is 21.3 Å². The van der Waals surface area contributed by atoms with Crippen molar-refractivity contribution in [3.05, 3.63) is 65.4 Å². The molecule has 3 aliphatic heterocycles. The largest absolute Gasteiger partial charge is 0.451 e. The van der Waals surface area contributed by atoms with Crippen LogP contribution in [0.5, 0.6) is 0 Å². The topological polar surface area (TPSA) is 58.4 Å². The molecule has 2 aromatic heterocycles. The summed E-state index contributed by atoms with van der Waals surface area (Å²) < 4.78 is 19.4. The fraction of sp³-hybridized carbons (Fsp3) is 0.391. The summed E-state index contributed by atoms with van der Waals surface area (Å²) in [5.74, 6) is 0.200. The third-order valence-corrected chi connectivity index (χ3v) is 6.54. The number of amides is 1. The summed E-state index contributed by atoms with van der Waals surface area (Å²) in [6.07, 6.45) is 6.74. The molecular formula is C23H24FN3O2. The van der Waals surface area contributed by atoms with Gasteiger partial charge in [0.25, 0.3) is 5.91 Å². The molecule has 0 spiro atoms. The number of rotatable bonds is 4. The van der Waals surface area contributed by atoms with E-state index in [1.807, 2.05) is 19.2 Å². The number of piperidine rings is 3. The van der Waals surface area contributed by atoms with Crippen LogP contribution >= 0.6 is 0 Å². The Morgan fingerprint density at radius 2 is 2.14 bits per heavy atom. The maximum atomic E-state index is 13.6. The first-order valence-electron chi connectivity index (χ1n) is 10.2. The van der Waals surface area contributed by atoms with Gasteiger partial charge in [0, 0.05) is 35.4 Å². The second-order valence-electron chi connectivity index (χ2n) is 8.20. The van der Waals surface area contributed by atoms with Gasteiger partial charge in [-0.1, -0.05) is 6.07 Å². The van der Waals surface area contributed by atoms with Gasteiger partial charge in [0.15, 0.2) is 5.76 Å². The van der Waals surface area contributed by atoms with E-state index in [4.69, 9.17) is 4.42 Å². The highest BCUT2D eigenvalue weighted by atomic mass is 19.1. The molecule has 2 bridgehead atoms. The van der Waals surface area contributed by atoms with Crippen LogP contribution in [0.25, 0.3) is 11.0 Å². The molecule has 6 heteroatoms. The monoisotopic (exact) mass is 393 g/mol. The molecule has 2 atom stereocenters. The van der Waals surface area contributed by atoms with E-state index in [0.29, 0.717) is 22.5 Å². The van der Waals surface area contributed by atoms with Crippen molar-refractivity contribution in [2.45, 2.75) is 38.3 Å². The van der Waals surface area contributed by atoms with Gasteiger partial charge in [0.05, 0.1) is 0 Å². The van der Waals surface area contributed by atoms with E-state index < -0.39 is 0 Å². The van der Waals surface area contributed by atoms with E-state index in [0.717, 1.165) is 32.4 Å². The zero-order chi connectivity index (χ0) is 20.0. The minimum absolute atomic E-state index is 0.0644. The summed E-state index contributed by atoms with van der Waals surface area (Å²) in [7, 11) is 0. The number of hydrogen-bond acceptors (Lipinski definition) is 4.